The van der Waals surface area contributed by atoms with Crippen LogP contribution in [-0.2, 0) is 9.53 Å². The smallest absolute Gasteiger partial charge is 0.331 e. The normalized spacial score (nSPS) is 13.5. The van der Waals surface area contributed by atoms with Gasteiger partial charge >= 0.3 is 5.97 Å². The van der Waals surface area contributed by atoms with Gasteiger partial charge in [0.25, 0.3) is 0 Å². The molecule has 0 saturated heterocycles. The molecule has 0 aromatic carbocycles. The quantitative estimate of drug-likeness (QED) is 0.128. The predicted octanol–water partition coefficient (Wildman–Crippen LogP) is 7.15. The van der Waals surface area contributed by atoms with Crippen LogP contribution in [0.4, 0.5) is 0 Å². The van der Waals surface area contributed by atoms with Crippen molar-refractivity contribution in [2.75, 3.05) is 0 Å². The van der Waals surface area contributed by atoms with Gasteiger partial charge in [-0.3, -0.25) is 0 Å². The molecular weight excluding hydrogens is 308 g/mol. The van der Waals surface area contributed by atoms with Gasteiger partial charge in [0.1, 0.15) is 0 Å². The van der Waals surface area contributed by atoms with Gasteiger partial charge < -0.3 is 4.74 Å². The molecule has 2 nitrogen and oxygen atoms in total. The third kappa shape index (κ3) is 16.1. The minimum Gasteiger partial charge on any atom is -0.440 e. The van der Waals surface area contributed by atoms with E-state index in [4.69, 9.17) is 16.3 Å². The molecule has 23 heavy (non-hydrogen) atoms. The first kappa shape index (κ1) is 22.5. The zero-order chi connectivity index (χ0) is 17.4. The Morgan fingerprint density at radius 2 is 1.30 bits per heavy atom. The molecule has 0 amide bonds. The molecule has 0 aliphatic carbocycles. The van der Waals surface area contributed by atoms with E-state index in [1.54, 1.807) is 6.92 Å². The standard InChI is InChI=1S/C20H37ClO2/c1-4-6-7-8-9-10-11-12-13-14-15-16-17-18-20(3,21)23-19(22)5-2/h5H,2,4,6-18H2,1,3H3. The summed E-state index contributed by atoms with van der Waals surface area (Å²) in [6, 6.07) is 0. The molecule has 0 aliphatic rings. The van der Waals surface area contributed by atoms with E-state index >= 15 is 0 Å². The molecular formula is C20H37ClO2. The topological polar surface area (TPSA) is 26.3 Å². The van der Waals surface area contributed by atoms with E-state index in [1.807, 2.05) is 0 Å². The van der Waals surface area contributed by atoms with E-state index < -0.39 is 11.0 Å². The van der Waals surface area contributed by atoms with Crippen LogP contribution in [0.5, 0.6) is 0 Å². The molecule has 1 atom stereocenters. The van der Waals surface area contributed by atoms with Crippen molar-refractivity contribution < 1.29 is 9.53 Å². The third-order valence-electron chi connectivity index (χ3n) is 4.21. The number of unbranched alkanes of at least 4 members (excludes halogenated alkanes) is 12. The highest BCUT2D eigenvalue weighted by atomic mass is 35.5. The molecule has 136 valence electrons. The van der Waals surface area contributed by atoms with Crippen LogP contribution in [-0.4, -0.2) is 11.0 Å². The molecule has 0 heterocycles. The zero-order valence-corrected chi connectivity index (χ0v) is 16.1. The molecule has 1 unspecified atom stereocenters. The number of rotatable bonds is 16. The Morgan fingerprint density at radius 3 is 1.70 bits per heavy atom. The van der Waals surface area contributed by atoms with Gasteiger partial charge in [0.05, 0.1) is 0 Å². The van der Waals surface area contributed by atoms with Crippen LogP contribution in [0.25, 0.3) is 0 Å². The van der Waals surface area contributed by atoms with E-state index in [9.17, 15) is 4.79 Å². The largest absolute Gasteiger partial charge is 0.440 e. The van der Waals surface area contributed by atoms with Crippen LogP contribution in [0.1, 0.15) is 104 Å². The Morgan fingerprint density at radius 1 is 0.913 bits per heavy atom. The van der Waals surface area contributed by atoms with E-state index in [0.717, 1.165) is 18.9 Å². The fraction of sp³-hybridized carbons (Fsp3) is 0.850. The second-order valence-electron chi connectivity index (χ2n) is 6.72. The van der Waals surface area contributed by atoms with Gasteiger partial charge in [-0.05, 0) is 13.3 Å². The second kappa shape index (κ2) is 15.1. The number of hydrogen-bond acceptors (Lipinski definition) is 2. The highest BCUT2D eigenvalue weighted by Gasteiger charge is 2.23. The highest BCUT2D eigenvalue weighted by Crippen LogP contribution is 2.24. The van der Waals surface area contributed by atoms with Crippen molar-refractivity contribution in [1.29, 1.82) is 0 Å². The molecule has 0 fully saturated rings. The van der Waals surface area contributed by atoms with Gasteiger partial charge in [-0.15, -0.1) is 0 Å². The fourth-order valence-electron chi connectivity index (χ4n) is 2.76. The summed E-state index contributed by atoms with van der Waals surface area (Å²) < 4.78 is 5.10. The number of ether oxygens (including phenoxy) is 1. The molecule has 0 saturated carbocycles. The maximum absolute atomic E-state index is 11.1. The predicted molar refractivity (Wildman–Crippen MR) is 101 cm³/mol. The summed E-state index contributed by atoms with van der Waals surface area (Å²) in [6.45, 7) is 7.39. The van der Waals surface area contributed by atoms with Crippen LogP contribution >= 0.6 is 11.6 Å². The lowest BCUT2D eigenvalue weighted by atomic mass is 10.0. The number of carbonyl (C=O) groups excluding carboxylic acids is 1. The molecule has 0 spiro atoms. The van der Waals surface area contributed by atoms with Crippen molar-refractivity contribution in [3.05, 3.63) is 12.7 Å². The number of carbonyl (C=O) groups is 1. The fourth-order valence-corrected chi connectivity index (χ4v) is 2.97. The summed E-state index contributed by atoms with van der Waals surface area (Å²) in [5, 5.41) is -0.886. The van der Waals surface area contributed by atoms with Crippen LogP contribution in [0.2, 0.25) is 0 Å². The Bertz CT molecular complexity index is 300. The van der Waals surface area contributed by atoms with E-state index in [0.29, 0.717) is 6.42 Å². The lowest BCUT2D eigenvalue weighted by molar-refractivity contribution is -0.145. The summed E-state index contributed by atoms with van der Waals surface area (Å²) in [6.07, 6.45) is 19.1. The number of halogens is 1. The zero-order valence-electron chi connectivity index (χ0n) is 15.4. The number of esters is 1. The van der Waals surface area contributed by atoms with Crippen LogP contribution in [0.3, 0.4) is 0 Å². The van der Waals surface area contributed by atoms with E-state index in [2.05, 4.69) is 13.5 Å². The van der Waals surface area contributed by atoms with E-state index in [-0.39, 0.29) is 0 Å². The Labute approximate surface area is 149 Å². The number of alkyl halides is 1. The average Bonchev–Trinajstić information content (AvgIpc) is 2.51. The number of hydrogen-bond donors (Lipinski definition) is 0. The minimum atomic E-state index is -0.886. The monoisotopic (exact) mass is 344 g/mol. The van der Waals surface area contributed by atoms with Gasteiger partial charge in [0, 0.05) is 12.5 Å². The Hall–Kier alpha value is -0.500. The first-order valence-electron chi connectivity index (χ1n) is 9.56. The van der Waals surface area contributed by atoms with Crippen molar-refractivity contribution >= 4 is 17.6 Å². The van der Waals surface area contributed by atoms with Crippen molar-refractivity contribution in [1.82, 2.24) is 0 Å². The molecule has 0 aromatic heterocycles. The average molecular weight is 345 g/mol. The van der Waals surface area contributed by atoms with Crippen LogP contribution < -0.4 is 0 Å². The summed E-state index contributed by atoms with van der Waals surface area (Å²) in [5.74, 6) is -0.447. The van der Waals surface area contributed by atoms with Crippen molar-refractivity contribution in [3.63, 3.8) is 0 Å². The third-order valence-corrected chi connectivity index (χ3v) is 4.47. The van der Waals surface area contributed by atoms with Crippen molar-refractivity contribution in [2.24, 2.45) is 0 Å². The summed E-state index contributed by atoms with van der Waals surface area (Å²) in [7, 11) is 0. The first-order valence-corrected chi connectivity index (χ1v) is 9.94. The maximum Gasteiger partial charge on any atom is 0.331 e. The minimum absolute atomic E-state index is 0.447. The second-order valence-corrected chi connectivity index (χ2v) is 7.52. The SMILES string of the molecule is C=CC(=O)OC(C)(Cl)CCCCCCCCCCCCCCC. The molecule has 0 N–H and O–H groups in total. The summed E-state index contributed by atoms with van der Waals surface area (Å²) in [4.78, 5) is 11.1. The highest BCUT2D eigenvalue weighted by molar-refractivity contribution is 6.23. The van der Waals surface area contributed by atoms with E-state index in [1.165, 1.54) is 70.6 Å². The molecule has 0 radical (unpaired) electrons. The first-order chi connectivity index (χ1) is 11.0. The summed E-state index contributed by atoms with van der Waals surface area (Å²) >= 11 is 6.16. The summed E-state index contributed by atoms with van der Waals surface area (Å²) in [5.41, 5.74) is 0. The molecule has 3 heteroatoms. The van der Waals surface area contributed by atoms with Crippen LogP contribution in [0, 0.1) is 0 Å². The van der Waals surface area contributed by atoms with Gasteiger partial charge in [-0.1, -0.05) is 102 Å². The van der Waals surface area contributed by atoms with Gasteiger partial charge in [0.2, 0.25) is 0 Å². The Kier molecular flexibility index (Phi) is 14.7. The molecule has 0 bridgehead atoms. The van der Waals surface area contributed by atoms with Gasteiger partial charge in [-0.2, -0.15) is 0 Å². The molecule has 0 rings (SSSR count). The van der Waals surface area contributed by atoms with Crippen molar-refractivity contribution in [2.45, 2.75) is 109 Å². The Balaban J connectivity index is 3.30. The van der Waals surface area contributed by atoms with Crippen LogP contribution in [0.15, 0.2) is 12.7 Å². The van der Waals surface area contributed by atoms with Gasteiger partial charge in [-0.25, -0.2) is 4.79 Å². The lowest BCUT2D eigenvalue weighted by Gasteiger charge is -2.21. The lowest BCUT2D eigenvalue weighted by Crippen LogP contribution is -2.24. The maximum atomic E-state index is 11.1. The van der Waals surface area contributed by atoms with Crippen molar-refractivity contribution in [3.8, 4) is 0 Å². The van der Waals surface area contributed by atoms with Gasteiger partial charge in [0.15, 0.2) is 5.06 Å². The molecule has 0 aliphatic heterocycles. The molecule has 0 aromatic rings.